The number of benzene rings is 1. The number of thioether (sulfide) groups is 1. The zero-order chi connectivity index (χ0) is 10.2. The van der Waals surface area contributed by atoms with E-state index in [-0.39, 0.29) is 0 Å². The molecule has 74 valence electrons. The van der Waals surface area contributed by atoms with Crippen LogP contribution in [0.5, 0.6) is 0 Å². The zero-order valence-electron chi connectivity index (χ0n) is 8.70. The molecule has 14 heavy (non-hydrogen) atoms. The number of hydrogen-bond donors (Lipinski definition) is 0. The lowest BCUT2D eigenvalue weighted by molar-refractivity contribution is 0.804. The first-order valence-corrected chi connectivity index (χ1v) is 6.35. The van der Waals surface area contributed by atoms with Crippen LogP contribution in [0.15, 0.2) is 34.5 Å². The highest BCUT2D eigenvalue weighted by Gasteiger charge is 2.13. The Morgan fingerprint density at radius 1 is 1.14 bits per heavy atom. The van der Waals surface area contributed by atoms with E-state index in [2.05, 4.69) is 51.1 Å². The third-order valence-electron chi connectivity index (χ3n) is 1.81. The van der Waals surface area contributed by atoms with Crippen LogP contribution >= 0.6 is 23.1 Å². The van der Waals surface area contributed by atoms with Gasteiger partial charge in [0.1, 0.15) is 0 Å². The molecule has 1 aromatic heterocycles. The number of fused-ring (bicyclic) bond motifs is 1. The predicted octanol–water partition coefficient (Wildman–Crippen LogP) is 4.79. The van der Waals surface area contributed by atoms with E-state index in [9.17, 15) is 0 Å². The standard InChI is InChI=1S/C12H14S2/c1-12(2,3)14-11-8-9-6-4-5-7-10(9)13-11/h4-8H,1-3H3. The normalized spacial score (nSPS) is 12.2. The Morgan fingerprint density at radius 2 is 1.86 bits per heavy atom. The van der Waals surface area contributed by atoms with Crippen molar-refractivity contribution in [2.45, 2.75) is 29.7 Å². The molecule has 0 atom stereocenters. The van der Waals surface area contributed by atoms with Crippen molar-refractivity contribution >= 4 is 33.2 Å². The molecule has 0 aliphatic carbocycles. The average molecular weight is 222 g/mol. The van der Waals surface area contributed by atoms with Crippen LogP contribution in [0.3, 0.4) is 0 Å². The summed E-state index contributed by atoms with van der Waals surface area (Å²) in [4.78, 5) is 0. The fourth-order valence-electron chi connectivity index (χ4n) is 1.31. The highest BCUT2D eigenvalue weighted by Crippen LogP contribution is 2.39. The van der Waals surface area contributed by atoms with E-state index >= 15 is 0 Å². The van der Waals surface area contributed by atoms with Crippen LogP contribution in [0.4, 0.5) is 0 Å². The van der Waals surface area contributed by atoms with Gasteiger partial charge in [-0.3, -0.25) is 0 Å². The van der Waals surface area contributed by atoms with Crippen LogP contribution in [0.1, 0.15) is 20.8 Å². The van der Waals surface area contributed by atoms with E-state index < -0.39 is 0 Å². The first-order valence-electron chi connectivity index (χ1n) is 4.72. The van der Waals surface area contributed by atoms with Crippen LogP contribution in [0.2, 0.25) is 0 Å². The maximum atomic E-state index is 2.29. The molecule has 0 unspecified atom stereocenters. The second-order valence-corrected chi connectivity index (χ2v) is 7.53. The molecule has 0 aliphatic heterocycles. The minimum Gasteiger partial charge on any atom is -0.129 e. The van der Waals surface area contributed by atoms with Crippen molar-refractivity contribution in [1.29, 1.82) is 0 Å². The molecule has 0 radical (unpaired) electrons. The molecule has 0 aliphatic rings. The Balaban J connectivity index is 2.36. The van der Waals surface area contributed by atoms with Crippen molar-refractivity contribution in [3.63, 3.8) is 0 Å². The second-order valence-electron chi connectivity index (χ2n) is 4.32. The molecule has 0 saturated heterocycles. The zero-order valence-corrected chi connectivity index (χ0v) is 10.3. The molecule has 0 amide bonds. The second kappa shape index (κ2) is 3.59. The van der Waals surface area contributed by atoms with E-state index in [1.54, 1.807) is 0 Å². The minimum absolute atomic E-state index is 0.306. The Labute approximate surface area is 93.3 Å². The van der Waals surface area contributed by atoms with Crippen LogP contribution in [0, 0.1) is 0 Å². The molecule has 2 heteroatoms. The van der Waals surface area contributed by atoms with Gasteiger partial charge in [0.2, 0.25) is 0 Å². The molecule has 1 heterocycles. The van der Waals surface area contributed by atoms with Crippen LogP contribution < -0.4 is 0 Å². The smallest absolute Gasteiger partial charge is 0.0616 e. The summed E-state index contributed by atoms with van der Waals surface area (Å²) >= 11 is 3.83. The Bertz CT molecular complexity index is 402. The lowest BCUT2D eigenvalue weighted by Gasteiger charge is -2.15. The van der Waals surface area contributed by atoms with E-state index in [0.717, 1.165) is 0 Å². The molecule has 0 nitrogen and oxygen atoms in total. The van der Waals surface area contributed by atoms with Crippen molar-refractivity contribution < 1.29 is 0 Å². The molecular weight excluding hydrogens is 208 g/mol. The van der Waals surface area contributed by atoms with Gasteiger partial charge in [-0.25, -0.2) is 0 Å². The molecule has 0 bridgehead atoms. The summed E-state index contributed by atoms with van der Waals surface area (Å²) in [6.07, 6.45) is 0. The van der Waals surface area contributed by atoms with Crippen molar-refractivity contribution in [2.75, 3.05) is 0 Å². The highest BCUT2D eigenvalue weighted by molar-refractivity contribution is 8.02. The molecule has 0 saturated carbocycles. The average Bonchev–Trinajstić information content (AvgIpc) is 2.42. The molecule has 1 aromatic carbocycles. The third kappa shape index (κ3) is 2.31. The van der Waals surface area contributed by atoms with Crippen molar-refractivity contribution in [1.82, 2.24) is 0 Å². The predicted molar refractivity (Wildman–Crippen MR) is 67.4 cm³/mol. The summed E-state index contributed by atoms with van der Waals surface area (Å²) in [6, 6.07) is 10.9. The molecule has 2 aromatic rings. The first kappa shape index (κ1) is 10.1. The molecule has 0 spiro atoms. The van der Waals surface area contributed by atoms with Gasteiger partial charge in [0.05, 0.1) is 4.21 Å². The van der Waals surface area contributed by atoms with Crippen molar-refractivity contribution in [3.05, 3.63) is 30.3 Å². The number of hydrogen-bond acceptors (Lipinski definition) is 2. The molecule has 2 rings (SSSR count). The maximum absolute atomic E-state index is 2.29. The van der Waals surface area contributed by atoms with Gasteiger partial charge in [-0.15, -0.1) is 23.1 Å². The lowest BCUT2D eigenvalue weighted by atomic mass is 10.3. The van der Waals surface area contributed by atoms with Crippen LogP contribution in [-0.2, 0) is 0 Å². The topological polar surface area (TPSA) is 0 Å². The van der Waals surface area contributed by atoms with Crippen molar-refractivity contribution in [3.8, 4) is 0 Å². The Kier molecular flexibility index (Phi) is 2.58. The van der Waals surface area contributed by atoms with Gasteiger partial charge in [0, 0.05) is 9.45 Å². The van der Waals surface area contributed by atoms with E-state index in [4.69, 9.17) is 0 Å². The van der Waals surface area contributed by atoms with Gasteiger partial charge in [-0.2, -0.15) is 0 Å². The van der Waals surface area contributed by atoms with E-state index in [1.807, 2.05) is 23.1 Å². The monoisotopic (exact) mass is 222 g/mol. The fraction of sp³-hybridized carbons (Fsp3) is 0.333. The van der Waals surface area contributed by atoms with Gasteiger partial charge in [0.15, 0.2) is 0 Å². The molecular formula is C12H14S2. The summed E-state index contributed by atoms with van der Waals surface area (Å²) in [5, 5.41) is 1.37. The Hall–Kier alpha value is -0.470. The van der Waals surface area contributed by atoms with E-state index in [1.165, 1.54) is 14.3 Å². The summed E-state index contributed by atoms with van der Waals surface area (Å²) in [5.41, 5.74) is 0. The van der Waals surface area contributed by atoms with Gasteiger partial charge in [-0.05, 0) is 17.5 Å². The maximum Gasteiger partial charge on any atom is 0.0616 e. The summed E-state index contributed by atoms with van der Waals surface area (Å²) < 4.78 is 3.11. The molecule has 0 N–H and O–H groups in total. The number of rotatable bonds is 1. The summed E-state index contributed by atoms with van der Waals surface area (Å²) in [5.74, 6) is 0. The van der Waals surface area contributed by atoms with Gasteiger partial charge < -0.3 is 0 Å². The Morgan fingerprint density at radius 3 is 2.50 bits per heavy atom. The summed E-state index contributed by atoms with van der Waals surface area (Å²) in [6.45, 7) is 6.76. The largest absolute Gasteiger partial charge is 0.129 e. The highest BCUT2D eigenvalue weighted by atomic mass is 32.2. The van der Waals surface area contributed by atoms with Crippen LogP contribution in [0.25, 0.3) is 10.1 Å². The van der Waals surface area contributed by atoms with Crippen LogP contribution in [-0.4, -0.2) is 4.75 Å². The fourth-order valence-corrected chi connectivity index (χ4v) is 4.08. The lowest BCUT2D eigenvalue weighted by Crippen LogP contribution is -2.05. The van der Waals surface area contributed by atoms with E-state index in [0.29, 0.717) is 4.75 Å². The number of thiophene rings is 1. The summed E-state index contributed by atoms with van der Waals surface area (Å²) in [7, 11) is 0. The quantitative estimate of drug-likeness (QED) is 0.625. The molecule has 0 fully saturated rings. The van der Waals surface area contributed by atoms with Gasteiger partial charge >= 0.3 is 0 Å². The SMILES string of the molecule is CC(C)(C)Sc1cc2ccccc2s1. The van der Waals surface area contributed by atoms with Gasteiger partial charge in [0.25, 0.3) is 0 Å². The first-order chi connectivity index (χ1) is 6.54. The third-order valence-corrected chi connectivity index (χ3v) is 4.15. The van der Waals surface area contributed by atoms with Crippen molar-refractivity contribution in [2.24, 2.45) is 0 Å². The van der Waals surface area contributed by atoms with Gasteiger partial charge in [-0.1, -0.05) is 39.0 Å². The minimum atomic E-state index is 0.306.